The minimum atomic E-state index is -0.614. The van der Waals surface area contributed by atoms with Gasteiger partial charge in [-0.15, -0.1) is 11.3 Å². The van der Waals surface area contributed by atoms with E-state index in [0.717, 1.165) is 38.4 Å². The lowest BCUT2D eigenvalue weighted by Gasteiger charge is -2.09. The van der Waals surface area contributed by atoms with Crippen LogP contribution in [-0.4, -0.2) is 30.9 Å². The van der Waals surface area contributed by atoms with Crippen molar-refractivity contribution in [2.24, 2.45) is 0 Å². The number of ketones is 1. The number of Topliss-reactive ketones (excluding diaryl/α,β-unsaturated/α-hetero) is 1. The predicted molar refractivity (Wildman–Crippen MR) is 145 cm³/mol. The van der Waals surface area contributed by atoms with Crippen LogP contribution in [0, 0.1) is 18.3 Å². The lowest BCUT2D eigenvalue weighted by atomic mass is 9.94. The Hall–Kier alpha value is -4.28. The summed E-state index contributed by atoms with van der Waals surface area (Å²) >= 11 is 1.02. The molecule has 4 aromatic rings. The Kier molecular flexibility index (Phi) is 7.80. The average Bonchev–Trinajstić information content (AvgIpc) is 3.22. The van der Waals surface area contributed by atoms with Crippen molar-refractivity contribution in [3.8, 4) is 6.07 Å². The Bertz CT molecular complexity index is 1550. The van der Waals surface area contributed by atoms with Crippen LogP contribution in [0.5, 0.6) is 0 Å². The molecule has 0 radical (unpaired) electrons. The number of hydrogen-bond acceptors (Lipinski definition) is 7. The molecule has 0 spiro atoms. The number of rotatable bonds is 8. The van der Waals surface area contributed by atoms with Crippen LogP contribution in [0.2, 0.25) is 0 Å². The summed E-state index contributed by atoms with van der Waals surface area (Å²) in [6.45, 7) is 5.33. The normalized spacial score (nSPS) is 11.4. The fourth-order valence-electron chi connectivity index (χ4n) is 4.32. The Balaban J connectivity index is 1.80. The first kappa shape index (κ1) is 25.8. The molecular weight excluding hydrogens is 486 g/mol. The van der Waals surface area contributed by atoms with E-state index in [0.29, 0.717) is 10.4 Å². The van der Waals surface area contributed by atoms with E-state index in [2.05, 4.69) is 6.07 Å². The topological polar surface area (TPSA) is 93.5 Å². The van der Waals surface area contributed by atoms with Gasteiger partial charge < -0.3 is 9.47 Å². The standard InChI is InChI=1S/C30H25NO5S/c1-4-35-29(33)27-18(3)28(30(34)36-5-2)37-26(27)16-25(32)21(17-31)15-24-22-12-8-6-10-19(22)14-20-11-7-9-13-23(20)24/h6-15H,4-5,16H2,1-3H3/b21-15+. The minimum Gasteiger partial charge on any atom is -0.462 e. The third kappa shape index (κ3) is 5.16. The summed E-state index contributed by atoms with van der Waals surface area (Å²) in [7, 11) is 0. The molecule has 186 valence electrons. The van der Waals surface area contributed by atoms with Crippen molar-refractivity contribution in [3.05, 3.63) is 86.6 Å². The third-order valence-corrected chi connectivity index (χ3v) is 7.28. The molecule has 0 fully saturated rings. The van der Waals surface area contributed by atoms with E-state index in [4.69, 9.17) is 9.47 Å². The summed E-state index contributed by atoms with van der Waals surface area (Å²) < 4.78 is 10.3. The van der Waals surface area contributed by atoms with Crippen LogP contribution >= 0.6 is 11.3 Å². The number of ether oxygens (including phenoxy) is 2. The molecule has 0 saturated heterocycles. The molecule has 0 unspecified atom stereocenters. The molecule has 6 nitrogen and oxygen atoms in total. The molecule has 0 aliphatic carbocycles. The Morgan fingerprint density at radius 3 is 2.05 bits per heavy atom. The van der Waals surface area contributed by atoms with Crippen LogP contribution in [-0.2, 0) is 20.7 Å². The second-order valence-electron chi connectivity index (χ2n) is 8.30. The molecule has 0 aliphatic rings. The van der Waals surface area contributed by atoms with Gasteiger partial charge in [-0.2, -0.15) is 5.26 Å². The van der Waals surface area contributed by atoms with E-state index < -0.39 is 17.7 Å². The fraction of sp³-hybridized carbons (Fsp3) is 0.200. The molecule has 1 heterocycles. The molecule has 7 heteroatoms. The summed E-state index contributed by atoms with van der Waals surface area (Å²) in [5.41, 5.74) is 1.32. The highest BCUT2D eigenvalue weighted by Gasteiger charge is 2.28. The monoisotopic (exact) mass is 511 g/mol. The molecular formula is C30H25NO5S. The second kappa shape index (κ2) is 11.2. The number of nitriles is 1. The number of thiophene rings is 1. The van der Waals surface area contributed by atoms with Crippen molar-refractivity contribution >= 4 is 56.7 Å². The number of carbonyl (C=O) groups is 3. The molecule has 3 aromatic carbocycles. The SMILES string of the molecule is CCOC(=O)c1sc(CC(=O)/C(C#N)=C/c2c3ccccc3cc3ccccc23)c(C(=O)OCC)c1C. The van der Waals surface area contributed by atoms with Gasteiger partial charge in [0.15, 0.2) is 5.78 Å². The number of carbonyl (C=O) groups excluding carboxylic acids is 3. The highest BCUT2D eigenvalue weighted by atomic mass is 32.1. The summed E-state index contributed by atoms with van der Waals surface area (Å²) in [5, 5.41) is 13.8. The molecule has 37 heavy (non-hydrogen) atoms. The van der Waals surface area contributed by atoms with Crippen molar-refractivity contribution in [1.82, 2.24) is 0 Å². The highest BCUT2D eigenvalue weighted by Crippen LogP contribution is 2.33. The fourth-order valence-corrected chi connectivity index (χ4v) is 5.51. The van der Waals surface area contributed by atoms with Crippen LogP contribution in [0.15, 0.2) is 60.2 Å². The van der Waals surface area contributed by atoms with Crippen LogP contribution in [0.3, 0.4) is 0 Å². The van der Waals surface area contributed by atoms with Gasteiger partial charge in [-0.3, -0.25) is 4.79 Å². The van der Waals surface area contributed by atoms with E-state index in [1.54, 1.807) is 26.8 Å². The summed E-state index contributed by atoms with van der Waals surface area (Å²) in [4.78, 5) is 39.2. The molecule has 4 rings (SSSR count). The van der Waals surface area contributed by atoms with Gasteiger partial charge in [-0.05, 0) is 65.6 Å². The van der Waals surface area contributed by atoms with Gasteiger partial charge >= 0.3 is 11.9 Å². The smallest absolute Gasteiger partial charge is 0.348 e. The van der Waals surface area contributed by atoms with E-state index in [1.165, 1.54) is 0 Å². The van der Waals surface area contributed by atoms with E-state index in [-0.39, 0.29) is 35.6 Å². The molecule has 0 atom stereocenters. The van der Waals surface area contributed by atoms with Gasteiger partial charge in [-0.25, -0.2) is 9.59 Å². The van der Waals surface area contributed by atoms with Crippen LogP contribution in [0.1, 0.15) is 49.9 Å². The zero-order valence-corrected chi connectivity index (χ0v) is 21.6. The number of hydrogen-bond donors (Lipinski definition) is 0. The number of nitrogens with zero attached hydrogens (tertiary/aromatic N) is 1. The first-order valence-electron chi connectivity index (χ1n) is 11.9. The maximum atomic E-state index is 13.4. The van der Waals surface area contributed by atoms with Gasteiger partial charge in [0.2, 0.25) is 0 Å². The Morgan fingerprint density at radius 1 is 0.919 bits per heavy atom. The van der Waals surface area contributed by atoms with Crippen LogP contribution in [0.4, 0.5) is 0 Å². The molecule has 0 bridgehead atoms. The van der Waals surface area contributed by atoms with Crippen molar-refractivity contribution in [2.45, 2.75) is 27.2 Å². The summed E-state index contributed by atoms with van der Waals surface area (Å²) in [5.74, 6) is -1.63. The first-order valence-corrected chi connectivity index (χ1v) is 12.7. The zero-order chi connectivity index (χ0) is 26.5. The molecule has 0 saturated carbocycles. The maximum absolute atomic E-state index is 13.4. The summed E-state index contributed by atoms with van der Waals surface area (Å²) in [6, 6.07) is 19.7. The van der Waals surface area contributed by atoms with Crippen molar-refractivity contribution in [2.75, 3.05) is 13.2 Å². The first-order chi connectivity index (χ1) is 17.9. The number of fused-ring (bicyclic) bond motifs is 2. The van der Waals surface area contributed by atoms with Gasteiger partial charge in [0.1, 0.15) is 10.9 Å². The van der Waals surface area contributed by atoms with Crippen LogP contribution in [0.25, 0.3) is 27.6 Å². The average molecular weight is 512 g/mol. The van der Waals surface area contributed by atoms with E-state index in [1.807, 2.05) is 54.6 Å². The summed E-state index contributed by atoms with van der Waals surface area (Å²) in [6.07, 6.45) is 1.39. The lowest BCUT2D eigenvalue weighted by Crippen LogP contribution is -2.12. The van der Waals surface area contributed by atoms with Gasteiger partial charge in [0.05, 0.1) is 24.4 Å². The van der Waals surface area contributed by atoms with E-state index in [9.17, 15) is 19.6 Å². The van der Waals surface area contributed by atoms with E-state index >= 15 is 0 Å². The number of benzene rings is 3. The molecule has 0 amide bonds. The Labute approximate surface area is 218 Å². The van der Waals surface area contributed by atoms with Crippen LogP contribution < -0.4 is 0 Å². The van der Waals surface area contributed by atoms with Crippen molar-refractivity contribution < 1.29 is 23.9 Å². The second-order valence-corrected chi connectivity index (χ2v) is 9.40. The largest absolute Gasteiger partial charge is 0.462 e. The number of allylic oxidation sites excluding steroid dienone is 1. The van der Waals surface area contributed by atoms with Crippen molar-refractivity contribution in [1.29, 1.82) is 5.26 Å². The maximum Gasteiger partial charge on any atom is 0.348 e. The zero-order valence-electron chi connectivity index (χ0n) is 20.8. The number of esters is 2. The Morgan fingerprint density at radius 2 is 1.49 bits per heavy atom. The van der Waals surface area contributed by atoms with Gasteiger partial charge in [0, 0.05) is 11.3 Å². The quantitative estimate of drug-likeness (QED) is 0.117. The molecule has 0 aliphatic heterocycles. The third-order valence-electron chi connectivity index (χ3n) is 6.00. The van der Waals surface area contributed by atoms with Gasteiger partial charge in [-0.1, -0.05) is 48.5 Å². The predicted octanol–water partition coefficient (Wildman–Crippen LogP) is 6.44. The molecule has 0 N–H and O–H groups in total. The minimum absolute atomic E-state index is 0.0416. The van der Waals surface area contributed by atoms with Crippen molar-refractivity contribution in [3.63, 3.8) is 0 Å². The van der Waals surface area contributed by atoms with Gasteiger partial charge in [0.25, 0.3) is 0 Å². The molecule has 1 aromatic heterocycles. The highest BCUT2D eigenvalue weighted by molar-refractivity contribution is 7.14. The lowest BCUT2D eigenvalue weighted by molar-refractivity contribution is -0.114.